The molecule has 1 nitrogen and oxygen atoms in total. The van der Waals surface area contributed by atoms with E-state index < -0.39 is 0 Å². The monoisotopic (exact) mass is 216 g/mol. The van der Waals surface area contributed by atoms with Crippen LogP contribution in [0.5, 0.6) is 0 Å². The van der Waals surface area contributed by atoms with Crippen molar-refractivity contribution in [3.8, 4) is 0 Å². The lowest BCUT2D eigenvalue weighted by Gasteiger charge is -2.22. The lowest BCUT2D eigenvalue weighted by molar-refractivity contribution is 0.112. The van der Waals surface area contributed by atoms with Gasteiger partial charge in [0.05, 0.1) is 0 Å². The average molecular weight is 216 g/mol. The van der Waals surface area contributed by atoms with E-state index in [1.165, 1.54) is 11.1 Å². The Labute approximate surface area is 97.9 Å². The van der Waals surface area contributed by atoms with Crippen molar-refractivity contribution in [2.75, 3.05) is 0 Å². The van der Waals surface area contributed by atoms with E-state index in [1.54, 1.807) is 0 Å². The molecule has 0 aromatic heterocycles. The molecule has 0 saturated carbocycles. The zero-order valence-electron chi connectivity index (χ0n) is 10.8. The highest BCUT2D eigenvalue weighted by Crippen LogP contribution is 2.49. The summed E-state index contributed by atoms with van der Waals surface area (Å²) in [5.41, 5.74) is 5.12. The Kier molecular flexibility index (Phi) is 2.27. The minimum absolute atomic E-state index is 0.185. The van der Waals surface area contributed by atoms with Crippen molar-refractivity contribution in [1.82, 2.24) is 0 Å². The first-order valence-electron chi connectivity index (χ1n) is 5.89. The third kappa shape index (κ3) is 1.50. The maximum Gasteiger partial charge on any atom is 0.150 e. The summed E-state index contributed by atoms with van der Waals surface area (Å²) in [4.78, 5) is 11.0. The second-order valence-corrected chi connectivity index (χ2v) is 6.32. The van der Waals surface area contributed by atoms with Gasteiger partial charge in [-0.1, -0.05) is 33.8 Å². The molecule has 0 bridgehead atoms. The van der Waals surface area contributed by atoms with Crippen molar-refractivity contribution in [3.05, 3.63) is 34.4 Å². The number of aldehydes is 1. The fourth-order valence-corrected chi connectivity index (χ4v) is 3.27. The summed E-state index contributed by atoms with van der Waals surface area (Å²) in [7, 11) is 0. The lowest BCUT2D eigenvalue weighted by Crippen LogP contribution is -2.18. The number of hydrogen-bond acceptors (Lipinski definition) is 1. The zero-order valence-corrected chi connectivity index (χ0v) is 10.8. The first kappa shape index (κ1) is 11.4. The highest BCUT2D eigenvalue weighted by molar-refractivity contribution is 5.78. The van der Waals surface area contributed by atoms with Gasteiger partial charge in [0, 0.05) is 5.56 Å². The largest absolute Gasteiger partial charge is 0.298 e. The van der Waals surface area contributed by atoms with Crippen LogP contribution in [0.2, 0.25) is 0 Å². The Bertz CT molecular complexity index is 453. The van der Waals surface area contributed by atoms with Gasteiger partial charge >= 0.3 is 0 Å². The number of aryl methyl sites for hydroxylation is 1. The lowest BCUT2D eigenvalue weighted by atomic mass is 9.82. The first-order valence-corrected chi connectivity index (χ1v) is 5.89. The van der Waals surface area contributed by atoms with Crippen molar-refractivity contribution >= 4 is 6.29 Å². The van der Waals surface area contributed by atoms with Crippen LogP contribution in [0.3, 0.4) is 0 Å². The summed E-state index contributed by atoms with van der Waals surface area (Å²) in [6, 6.07) is 4.29. The van der Waals surface area contributed by atoms with Crippen molar-refractivity contribution in [1.29, 1.82) is 0 Å². The third-order valence-corrected chi connectivity index (χ3v) is 3.88. The van der Waals surface area contributed by atoms with Crippen molar-refractivity contribution < 1.29 is 4.79 Å². The fraction of sp³-hybridized carbons (Fsp3) is 0.533. The Morgan fingerprint density at radius 2 is 1.56 bits per heavy atom. The Morgan fingerprint density at radius 1 is 1.06 bits per heavy atom. The van der Waals surface area contributed by atoms with Crippen LogP contribution in [-0.2, 0) is 10.8 Å². The molecule has 1 aliphatic rings. The van der Waals surface area contributed by atoms with Gasteiger partial charge < -0.3 is 0 Å². The maximum absolute atomic E-state index is 11.0. The molecule has 86 valence electrons. The first-order chi connectivity index (χ1) is 7.28. The minimum atomic E-state index is 0.185. The Morgan fingerprint density at radius 3 is 2.06 bits per heavy atom. The predicted octanol–water partition coefficient (Wildman–Crippen LogP) is 3.77. The summed E-state index contributed by atoms with van der Waals surface area (Å²) >= 11 is 0. The van der Waals surface area contributed by atoms with Crippen LogP contribution in [0.1, 0.15) is 61.2 Å². The molecule has 0 N–H and O–H groups in total. The van der Waals surface area contributed by atoms with Crippen molar-refractivity contribution in [2.24, 2.45) is 0 Å². The summed E-state index contributed by atoms with van der Waals surface area (Å²) in [6.45, 7) is 11.1. The van der Waals surface area contributed by atoms with Crippen LogP contribution < -0.4 is 0 Å². The fourth-order valence-electron chi connectivity index (χ4n) is 3.27. The number of carbonyl (C=O) groups is 1. The molecule has 1 heteroatoms. The molecule has 0 heterocycles. The van der Waals surface area contributed by atoms with E-state index in [0.717, 1.165) is 23.8 Å². The highest BCUT2D eigenvalue weighted by atomic mass is 16.1. The standard InChI is InChI=1S/C15H20O/c1-10-6-12-13(7-11(10)8-16)15(4,5)9-14(12,2)3/h6-8H,9H2,1-5H3. The molecule has 0 fully saturated rings. The second-order valence-electron chi connectivity index (χ2n) is 6.32. The van der Waals surface area contributed by atoms with Gasteiger partial charge in [-0.2, -0.15) is 0 Å². The number of benzene rings is 1. The van der Waals surface area contributed by atoms with Gasteiger partial charge in [-0.05, 0) is 46.9 Å². The molecule has 2 rings (SSSR count). The van der Waals surface area contributed by atoms with E-state index in [1.807, 2.05) is 6.92 Å². The van der Waals surface area contributed by atoms with Gasteiger partial charge in [0.1, 0.15) is 6.29 Å². The van der Waals surface area contributed by atoms with Crippen LogP contribution in [0.4, 0.5) is 0 Å². The molecule has 1 aromatic rings. The van der Waals surface area contributed by atoms with Gasteiger partial charge in [0.15, 0.2) is 0 Å². The Hall–Kier alpha value is -1.11. The maximum atomic E-state index is 11.0. The number of carbonyl (C=O) groups excluding carboxylic acids is 1. The molecule has 0 amide bonds. The number of rotatable bonds is 1. The summed E-state index contributed by atoms with van der Waals surface area (Å²) in [6.07, 6.45) is 2.12. The summed E-state index contributed by atoms with van der Waals surface area (Å²) in [5.74, 6) is 0. The predicted molar refractivity (Wildman–Crippen MR) is 67.2 cm³/mol. The number of hydrogen-bond donors (Lipinski definition) is 0. The SMILES string of the molecule is Cc1cc2c(cc1C=O)C(C)(C)CC2(C)C. The molecular weight excluding hydrogens is 196 g/mol. The molecule has 0 saturated heterocycles. The second kappa shape index (κ2) is 3.19. The minimum Gasteiger partial charge on any atom is -0.298 e. The molecule has 0 spiro atoms. The third-order valence-electron chi connectivity index (χ3n) is 3.88. The van der Waals surface area contributed by atoms with Gasteiger partial charge in [-0.3, -0.25) is 4.79 Å². The molecule has 0 atom stereocenters. The molecule has 1 aromatic carbocycles. The van der Waals surface area contributed by atoms with E-state index in [4.69, 9.17) is 0 Å². The molecule has 0 aliphatic heterocycles. The van der Waals surface area contributed by atoms with Gasteiger partial charge in [-0.25, -0.2) is 0 Å². The smallest absolute Gasteiger partial charge is 0.150 e. The van der Waals surface area contributed by atoms with Gasteiger partial charge in [0.2, 0.25) is 0 Å². The van der Waals surface area contributed by atoms with E-state index in [0.29, 0.717) is 0 Å². The van der Waals surface area contributed by atoms with Crippen LogP contribution in [0.15, 0.2) is 12.1 Å². The van der Waals surface area contributed by atoms with Gasteiger partial charge in [-0.15, -0.1) is 0 Å². The van der Waals surface area contributed by atoms with Crippen LogP contribution >= 0.6 is 0 Å². The normalized spacial score (nSPS) is 20.6. The molecular formula is C15H20O. The van der Waals surface area contributed by atoms with Crippen molar-refractivity contribution in [2.45, 2.75) is 51.9 Å². The molecule has 1 aliphatic carbocycles. The topological polar surface area (TPSA) is 17.1 Å². The summed E-state index contributed by atoms with van der Waals surface area (Å²) < 4.78 is 0. The molecule has 0 radical (unpaired) electrons. The number of fused-ring (bicyclic) bond motifs is 1. The van der Waals surface area contributed by atoms with Crippen molar-refractivity contribution in [3.63, 3.8) is 0 Å². The quantitative estimate of drug-likeness (QED) is 0.653. The zero-order chi connectivity index (χ0) is 12.1. The van der Waals surface area contributed by atoms with E-state index in [9.17, 15) is 4.79 Å². The van der Waals surface area contributed by atoms with E-state index >= 15 is 0 Å². The Balaban J connectivity index is 2.72. The van der Waals surface area contributed by atoms with E-state index in [-0.39, 0.29) is 10.8 Å². The molecule has 16 heavy (non-hydrogen) atoms. The highest BCUT2D eigenvalue weighted by Gasteiger charge is 2.41. The summed E-state index contributed by atoms with van der Waals surface area (Å²) in [5, 5.41) is 0. The van der Waals surface area contributed by atoms with Crippen LogP contribution in [0.25, 0.3) is 0 Å². The average Bonchev–Trinajstić information content (AvgIpc) is 2.31. The molecule has 0 unspecified atom stereocenters. The van der Waals surface area contributed by atoms with Crippen LogP contribution in [0, 0.1) is 6.92 Å². The van der Waals surface area contributed by atoms with E-state index in [2.05, 4.69) is 39.8 Å². The van der Waals surface area contributed by atoms with Gasteiger partial charge in [0.25, 0.3) is 0 Å². The van der Waals surface area contributed by atoms with Crippen LogP contribution in [-0.4, -0.2) is 6.29 Å².